The van der Waals surface area contributed by atoms with Crippen molar-refractivity contribution in [1.29, 1.82) is 0 Å². The molecule has 3 atom stereocenters. The quantitative estimate of drug-likeness (QED) is 0.601. The van der Waals surface area contributed by atoms with Gasteiger partial charge in [0.15, 0.2) is 0 Å². The lowest BCUT2D eigenvalue weighted by Crippen LogP contribution is -2.11. The number of hydrogen-bond donors (Lipinski definition) is 0. The van der Waals surface area contributed by atoms with Crippen LogP contribution in [0.3, 0.4) is 0 Å². The molecule has 7 heteroatoms. The Bertz CT molecular complexity index is 181. The van der Waals surface area contributed by atoms with Crippen LogP contribution in [0.4, 0.5) is 0 Å². The molecule has 1 fully saturated rings. The molecular formula is C4H10O5P2. The van der Waals surface area contributed by atoms with Crippen molar-refractivity contribution in [2.45, 2.75) is 19.4 Å². The van der Waals surface area contributed by atoms with Gasteiger partial charge in [-0.25, -0.2) is 4.31 Å². The monoisotopic (exact) mass is 200 g/mol. The number of rotatable bonds is 1. The van der Waals surface area contributed by atoms with Gasteiger partial charge in [-0.1, -0.05) is 6.92 Å². The van der Waals surface area contributed by atoms with Crippen LogP contribution < -0.4 is 0 Å². The fraction of sp³-hybridized carbons (Fsp3) is 1.00. The Kier molecular flexibility index (Phi) is 3.76. The molecule has 0 amide bonds. The Balaban J connectivity index is 2.52. The van der Waals surface area contributed by atoms with Crippen LogP contribution in [0, 0.1) is 0 Å². The van der Waals surface area contributed by atoms with Gasteiger partial charge in [0.1, 0.15) is 0 Å². The van der Waals surface area contributed by atoms with Gasteiger partial charge in [-0.2, -0.15) is 0 Å². The summed E-state index contributed by atoms with van der Waals surface area (Å²) in [6.07, 6.45) is 0.424. The molecule has 0 aromatic carbocycles. The van der Waals surface area contributed by atoms with E-state index in [0.717, 1.165) is 0 Å². The third-order valence-electron chi connectivity index (χ3n) is 1.27. The van der Waals surface area contributed by atoms with Crippen molar-refractivity contribution in [2.75, 3.05) is 6.61 Å². The van der Waals surface area contributed by atoms with Gasteiger partial charge < -0.3 is 9.05 Å². The second-order valence-corrected chi connectivity index (χ2v) is 4.40. The molecule has 0 spiro atoms. The maximum absolute atomic E-state index is 10.7. The van der Waals surface area contributed by atoms with E-state index in [-0.39, 0.29) is 12.7 Å². The second kappa shape index (κ2) is 4.39. The minimum absolute atomic E-state index is 0.199. The van der Waals surface area contributed by atoms with Crippen LogP contribution in [0.25, 0.3) is 0 Å². The fourth-order valence-corrected chi connectivity index (χ4v) is 2.46. The lowest BCUT2D eigenvalue weighted by atomic mass is 10.3. The average molecular weight is 200 g/mol. The topological polar surface area (TPSA) is 61.8 Å². The van der Waals surface area contributed by atoms with E-state index in [9.17, 15) is 9.13 Å². The molecule has 1 rings (SSSR count). The largest absolute Gasteiger partial charge is 0.326 e. The first-order chi connectivity index (χ1) is 5.22. The zero-order valence-corrected chi connectivity index (χ0v) is 8.03. The first-order valence-electron chi connectivity index (χ1n) is 3.27. The van der Waals surface area contributed by atoms with Crippen LogP contribution in [0.1, 0.15) is 13.3 Å². The van der Waals surface area contributed by atoms with Crippen LogP contribution >= 0.6 is 16.5 Å². The summed E-state index contributed by atoms with van der Waals surface area (Å²) in [5.41, 5.74) is 0. The Labute approximate surface area is 65.9 Å². The maximum Gasteiger partial charge on any atom is 0.326 e. The Hall–Kier alpha value is 0.340. The van der Waals surface area contributed by atoms with E-state index in [2.05, 4.69) is 4.31 Å². The smallest absolute Gasteiger partial charge is 0.308 e. The predicted octanol–water partition coefficient (Wildman–Crippen LogP) is 1.61. The van der Waals surface area contributed by atoms with E-state index in [1.54, 1.807) is 0 Å². The molecule has 0 aromatic rings. The van der Waals surface area contributed by atoms with E-state index in [1.807, 2.05) is 6.92 Å². The first-order valence-corrected chi connectivity index (χ1v) is 5.72. The summed E-state index contributed by atoms with van der Waals surface area (Å²) in [6.45, 7) is 2.07. The third kappa shape index (κ3) is 3.06. The molecular weight excluding hydrogens is 190 g/mol. The summed E-state index contributed by atoms with van der Waals surface area (Å²) in [7, 11) is -5.14. The maximum atomic E-state index is 10.7. The molecule has 0 aliphatic carbocycles. The van der Waals surface area contributed by atoms with Crippen molar-refractivity contribution in [3.8, 4) is 0 Å². The summed E-state index contributed by atoms with van der Waals surface area (Å²) in [6, 6.07) is 0. The molecule has 1 aliphatic heterocycles. The highest BCUT2D eigenvalue weighted by atomic mass is 31.2. The molecule has 11 heavy (non-hydrogen) atoms. The van der Waals surface area contributed by atoms with E-state index < -0.39 is 16.5 Å². The Morgan fingerprint density at radius 1 is 1.45 bits per heavy atom. The average Bonchev–Trinajstić information content (AvgIpc) is 2.11. The molecule has 0 bridgehead atoms. The normalized spacial score (nSPS) is 39.9. The Morgan fingerprint density at radius 3 is 2.82 bits per heavy atom. The van der Waals surface area contributed by atoms with E-state index in [4.69, 9.17) is 9.05 Å². The van der Waals surface area contributed by atoms with Crippen LogP contribution in [0.5, 0.6) is 0 Å². The van der Waals surface area contributed by atoms with Gasteiger partial charge in [0.25, 0.3) is 0 Å². The van der Waals surface area contributed by atoms with E-state index in [0.29, 0.717) is 6.42 Å². The number of hydrogen-bond acceptors (Lipinski definition) is 5. The van der Waals surface area contributed by atoms with Gasteiger partial charge in [0.2, 0.25) is 0 Å². The van der Waals surface area contributed by atoms with Crippen molar-refractivity contribution in [3.05, 3.63) is 0 Å². The van der Waals surface area contributed by atoms with Crippen molar-refractivity contribution >= 4 is 16.5 Å². The summed E-state index contributed by atoms with van der Waals surface area (Å²) in [4.78, 5) is 0. The fourth-order valence-electron chi connectivity index (χ4n) is 0.654. The lowest BCUT2D eigenvalue weighted by Gasteiger charge is -2.07. The minimum Gasteiger partial charge on any atom is -0.308 e. The molecule has 0 radical (unpaired) electrons. The summed E-state index contributed by atoms with van der Waals surface area (Å²) >= 11 is 0. The van der Waals surface area contributed by atoms with Gasteiger partial charge in [0, 0.05) is 0 Å². The molecule has 66 valence electrons. The molecule has 3 unspecified atom stereocenters. The van der Waals surface area contributed by atoms with E-state index in [1.165, 1.54) is 0 Å². The van der Waals surface area contributed by atoms with Crippen molar-refractivity contribution in [1.82, 2.24) is 0 Å². The SMILES string of the molecule is CCC1CO[PH](=O)O[PH](=O)O1. The van der Waals surface area contributed by atoms with Gasteiger partial charge in [-0.3, -0.25) is 9.13 Å². The zero-order valence-electron chi connectivity index (χ0n) is 6.03. The van der Waals surface area contributed by atoms with Crippen molar-refractivity contribution in [3.63, 3.8) is 0 Å². The molecule has 0 saturated carbocycles. The first kappa shape index (κ1) is 9.43. The van der Waals surface area contributed by atoms with Gasteiger partial charge in [0.05, 0.1) is 12.7 Å². The third-order valence-corrected chi connectivity index (χ3v) is 3.53. The Morgan fingerprint density at radius 2 is 2.18 bits per heavy atom. The predicted molar refractivity (Wildman–Crippen MR) is 40.2 cm³/mol. The van der Waals surface area contributed by atoms with Crippen LogP contribution in [0.2, 0.25) is 0 Å². The van der Waals surface area contributed by atoms with Crippen LogP contribution in [-0.4, -0.2) is 12.7 Å². The summed E-state index contributed by atoms with van der Waals surface area (Å²) in [5, 5.41) is 0. The lowest BCUT2D eigenvalue weighted by molar-refractivity contribution is 0.145. The highest BCUT2D eigenvalue weighted by Crippen LogP contribution is 2.43. The zero-order chi connectivity index (χ0) is 8.27. The molecule has 0 aromatic heterocycles. The summed E-state index contributed by atoms with van der Waals surface area (Å²) < 4.78 is 35.3. The molecule has 1 heterocycles. The van der Waals surface area contributed by atoms with Gasteiger partial charge in [-0.05, 0) is 6.42 Å². The van der Waals surface area contributed by atoms with Crippen molar-refractivity contribution < 1.29 is 22.5 Å². The van der Waals surface area contributed by atoms with E-state index >= 15 is 0 Å². The van der Waals surface area contributed by atoms with Crippen molar-refractivity contribution in [2.24, 2.45) is 0 Å². The summed E-state index contributed by atoms with van der Waals surface area (Å²) in [5.74, 6) is 0. The highest BCUT2D eigenvalue weighted by Gasteiger charge is 2.19. The standard InChI is InChI=1S/C4H10O5P2/c1-2-4-3-7-10(5)9-11(6)8-4/h4,10-11H,2-3H2,1H3. The second-order valence-electron chi connectivity index (χ2n) is 2.06. The van der Waals surface area contributed by atoms with Crippen LogP contribution in [-0.2, 0) is 22.5 Å². The molecule has 1 saturated heterocycles. The molecule has 1 aliphatic rings. The van der Waals surface area contributed by atoms with Gasteiger partial charge in [-0.15, -0.1) is 0 Å². The molecule has 5 nitrogen and oxygen atoms in total. The van der Waals surface area contributed by atoms with Gasteiger partial charge >= 0.3 is 16.5 Å². The molecule has 0 N–H and O–H groups in total. The minimum atomic E-state index is -2.58. The van der Waals surface area contributed by atoms with Crippen LogP contribution in [0.15, 0.2) is 0 Å². The highest BCUT2D eigenvalue weighted by molar-refractivity contribution is 7.47.